The number of nitrogens with zero attached hydrogens (tertiary/aromatic N) is 4. The Labute approximate surface area is 127 Å². The van der Waals surface area contributed by atoms with Crippen LogP contribution in [0.15, 0.2) is 17.4 Å². The van der Waals surface area contributed by atoms with E-state index in [4.69, 9.17) is 0 Å². The van der Waals surface area contributed by atoms with Crippen molar-refractivity contribution in [2.75, 3.05) is 33.2 Å². The highest BCUT2D eigenvalue weighted by atomic mass is 15.2. The molecule has 6 nitrogen and oxygen atoms in total. The minimum atomic E-state index is 0.645. The summed E-state index contributed by atoms with van der Waals surface area (Å²) in [5.74, 6) is 0.891. The molecule has 6 heteroatoms. The van der Waals surface area contributed by atoms with Crippen LogP contribution in [0.25, 0.3) is 0 Å². The van der Waals surface area contributed by atoms with Crippen LogP contribution < -0.4 is 10.6 Å². The van der Waals surface area contributed by atoms with Gasteiger partial charge in [0.1, 0.15) is 0 Å². The first-order chi connectivity index (χ1) is 10.2. The van der Waals surface area contributed by atoms with E-state index in [1.54, 1.807) is 0 Å². The van der Waals surface area contributed by atoms with Gasteiger partial charge in [-0.15, -0.1) is 0 Å². The molecule has 0 aliphatic carbocycles. The normalized spacial score (nSPS) is 20.0. The molecule has 1 aliphatic rings. The zero-order valence-corrected chi connectivity index (χ0v) is 13.5. The third-order valence-corrected chi connectivity index (χ3v) is 4.10. The van der Waals surface area contributed by atoms with E-state index in [0.29, 0.717) is 6.04 Å². The van der Waals surface area contributed by atoms with Crippen LogP contribution in [-0.2, 0) is 13.5 Å². The average molecular weight is 292 g/mol. The fourth-order valence-corrected chi connectivity index (χ4v) is 2.90. The number of hydrogen-bond donors (Lipinski definition) is 2. The van der Waals surface area contributed by atoms with Crippen LogP contribution in [0.4, 0.5) is 0 Å². The Morgan fingerprint density at radius 3 is 3.00 bits per heavy atom. The second-order valence-electron chi connectivity index (χ2n) is 5.58. The number of hydrogen-bond acceptors (Lipinski definition) is 3. The molecule has 1 fully saturated rings. The van der Waals surface area contributed by atoms with Crippen molar-refractivity contribution in [1.82, 2.24) is 25.3 Å². The van der Waals surface area contributed by atoms with Gasteiger partial charge in [-0.3, -0.25) is 14.6 Å². The Morgan fingerprint density at radius 1 is 1.48 bits per heavy atom. The summed E-state index contributed by atoms with van der Waals surface area (Å²) >= 11 is 0. The number of aryl methyl sites for hydroxylation is 1. The minimum Gasteiger partial charge on any atom is -0.356 e. The number of aliphatic imine (C=N–C) groups is 1. The lowest BCUT2D eigenvalue weighted by atomic mass is 10.2. The van der Waals surface area contributed by atoms with Crippen molar-refractivity contribution in [3.8, 4) is 0 Å². The van der Waals surface area contributed by atoms with Crippen molar-refractivity contribution < 1.29 is 0 Å². The number of nitrogens with one attached hydrogen (secondary N) is 2. The lowest BCUT2D eigenvalue weighted by Crippen LogP contribution is -2.45. The van der Waals surface area contributed by atoms with E-state index < -0.39 is 0 Å². The zero-order chi connectivity index (χ0) is 15.1. The van der Waals surface area contributed by atoms with Crippen molar-refractivity contribution in [2.24, 2.45) is 12.0 Å². The Balaban J connectivity index is 1.68. The van der Waals surface area contributed by atoms with Crippen LogP contribution in [0.1, 0.15) is 25.3 Å². The summed E-state index contributed by atoms with van der Waals surface area (Å²) in [5.41, 5.74) is 1.24. The summed E-state index contributed by atoms with van der Waals surface area (Å²) < 4.78 is 1.84. The Kier molecular flexibility index (Phi) is 6.04. The maximum absolute atomic E-state index is 4.29. The van der Waals surface area contributed by atoms with Crippen LogP contribution in [0, 0.1) is 0 Å². The van der Waals surface area contributed by atoms with Gasteiger partial charge >= 0.3 is 0 Å². The quantitative estimate of drug-likeness (QED) is 0.596. The van der Waals surface area contributed by atoms with E-state index >= 15 is 0 Å². The molecule has 0 bridgehead atoms. The SMILES string of the molecule is CCN1CCCC1CNC(=NC)NCCc1cnn(C)c1. The highest BCUT2D eigenvalue weighted by Crippen LogP contribution is 2.15. The van der Waals surface area contributed by atoms with Crippen molar-refractivity contribution in [3.63, 3.8) is 0 Å². The molecule has 2 N–H and O–H groups in total. The van der Waals surface area contributed by atoms with Crippen LogP contribution in [-0.4, -0.2) is 59.9 Å². The molecular formula is C15H28N6. The molecule has 118 valence electrons. The third-order valence-electron chi connectivity index (χ3n) is 4.10. The molecule has 0 amide bonds. The number of aromatic nitrogens is 2. The first kappa shape index (κ1) is 15.8. The summed E-state index contributed by atoms with van der Waals surface area (Å²) in [5, 5.41) is 11.0. The van der Waals surface area contributed by atoms with Gasteiger partial charge in [-0.1, -0.05) is 6.92 Å². The number of rotatable bonds is 6. The summed E-state index contributed by atoms with van der Waals surface area (Å²) in [6, 6.07) is 0.645. The van der Waals surface area contributed by atoms with Crippen LogP contribution in [0.5, 0.6) is 0 Å². The zero-order valence-electron chi connectivity index (χ0n) is 13.5. The van der Waals surface area contributed by atoms with Crippen LogP contribution in [0.2, 0.25) is 0 Å². The number of likely N-dealkylation sites (tertiary alicyclic amines) is 1. The average Bonchev–Trinajstić information content (AvgIpc) is 3.11. The fourth-order valence-electron chi connectivity index (χ4n) is 2.90. The van der Waals surface area contributed by atoms with E-state index in [0.717, 1.165) is 32.0 Å². The minimum absolute atomic E-state index is 0.645. The highest BCUT2D eigenvalue weighted by molar-refractivity contribution is 5.79. The molecule has 1 saturated heterocycles. The van der Waals surface area contributed by atoms with Crippen molar-refractivity contribution in [2.45, 2.75) is 32.2 Å². The van der Waals surface area contributed by atoms with Gasteiger partial charge in [0.15, 0.2) is 5.96 Å². The van der Waals surface area contributed by atoms with Crippen LogP contribution in [0.3, 0.4) is 0 Å². The van der Waals surface area contributed by atoms with E-state index in [1.165, 1.54) is 24.9 Å². The lowest BCUT2D eigenvalue weighted by molar-refractivity contribution is 0.267. The molecule has 0 radical (unpaired) electrons. The highest BCUT2D eigenvalue weighted by Gasteiger charge is 2.22. The Hall–Kier alpha value is -1.56. The predicted octanol–water partition coefficient (Wildman–Crippen LogP) is 0.612. The molecule has 1 aromatic rings. The topological polar surface area (TPSA) is 57.5 Å². The van der Waals surface area contributed by atoms with Gasteiger partial charge in [-0.2, -0.15) is 5.10 Å². The van der Waals surface area contributed by atoms with Gasteiger partial charge in [0.2, 0.25) is 0 Å². The van der Waals surface area contributed by atoms with Gasteiger partial charge in [0.05, 0.1) is 6.20 Å². The van der Waals surface area contributed by atoms with Gasteiger partial charge in [0.25, 0.3) is 0 Å². The fraction of sp³-hybridized carbons (Fsp3) is 0.733. The molecular weight excluding hydrogens is 264 g/mol. The summed E-state index contributed by atoms with van der Waals surface area (Å²) in [6.45, 7) is 6.45. The van der Waals surface area contributed by atoms with E-state index in [9.17, 15) is 0 Å². The molecule has 0 aromatic carbocycles. The third kappa shape index (κ3) is 4.74. The molecule has 2 rings (SSSR count). The largest absolute Gasteiger partial charge is 0.356 e. The van der Waals surface area contributed by atoms with E-state index in [1.807, 2.05) is 25.0 Å². The Morgan fingerprint density at radius 2 is 2.33 bits per heavy atom. The van der Waals surface area contributed by atoms with Gasteiger partial charge in [0, 0.05) is 39.4 Å². The van der Waals surface area contributed by atoms with E-state index in [2.05, 4.69) is 38.7 Å². The van der Waals surface area contributed by atoms with Crippen LogP contribution >= 0.6 is 0 Å². The second-order valence-corrected chi connectivity index (χ2v) is 5.58. The summed E-state index contributed by atoms with van der Waals surface area (Å²) in [7, 11) is 3.77. The standard InChI is InChI=1S/C15H28N6/c1-4-21-9-5-6-14(21)11-18-15(16-2)17-8-7-13-10-19-20(3)12-13/h10,12,14H,4-9,11H2,1-3H3,(H2,16,17,18). The molecule has 0 spiro atoms. The molecule has 1 aliphatic heterocycles. The molecule has 1 aromatic heterocycles. The van der Waals surface area contributed by atoms with Gasteiger partial charge in [-0.25, -0.2) is 0 Å². The maximum atomic E-state index is 4.29. The molecule has 1 atom stereocenters. The lowest BCUT2D eigenvalue weighted by Gasteiger charge is -2.23. The van der Waals surface area contributed by atoms with Crippen molar-refractivity contribution in [3.05, 3.63) is 18.0 Å². The van der Waals surface area contributed by atoms with Gasteiger partial charge < -0.3 is 10.6 Å². The van der Waals surface area contributed by atoms with E-state index in [-0.39, 0.29) is 0 Å². The maximum Gasteiger partial charge on any atom is 0.191 e. The molecule has 0 saturated carbocycles. The first-order valence-corrected chi connectivity index (χ1v) is 7.89. The monoisotopic (exact) mass is 292 g/mol. The van der Waals surface area contributed by atoms with Gasteiger partial charge in [-0.05, 0) is 37.9 Å². The molecule has 2 heterocycles. The first-order valence-electron chi connectivity index (χ1n) is 7.89. The summed E-state index contributed by atoms with van der Waals surface area (Å²) in [6.07, 6.45) is 7.52. The predicted molar refractivity (Wildman–Crippen MR) is 86.5 cm³/mol. The second kappa shape index (κ2) is 8.02. The molecule has 1 unspecified atom stereocenters. The summed E-state index contributed by atoms with van der Waals surface area (Å²) in [4.78, 5) is 6.83. The smallest absolute Gasteiger partial charge is 0.191 e. The van der Waals surface area contributed by atoms with Crippen molar-refractivity contribution in [1.29, 1.82) is 0 Å². The number of guanidine groups is 1. The number of likely N-dealkylation sites (N-methyl/N-ethyl adjacent to an activating group) is 1. The van der Waals surface area contributed by atoms with Crippen molar-refractivity contribution >= 4 is 5.96 Å². The molecule has 21 heavy (non-hydrogen) atoms. The Bertz CT molecular complexity index is 453.